The predicted molar refractivity (Wildman–Crippen MR) is 79.6 cm³/mol. The molecule has 0 saturated carbocycles. The van der Waals surface area contributed by atoms with E-state index in [1.807, 2.05) is 0 Å². The van der Waals surface area contributed by atoms with E-state index in [0.29, 0.717) is 5.92 Å². The molecule has 1 aliphatic carbocycles. The van der Waals surface area contributed by atoms with E-state index in [9.17, 15) is 0 Å². The zero-order valence-corrected chi connectivity index (χ0v) is 12.5. The molecule has 0 bridgehead atoms. The Balaban J connectivity index is 3.09. The van der Waals surface area contributed by atoms with Crippen molar-refractivity contribution in [2.24, 2.45) is 16.7 Å². The summed E-state index contributed by atoms with van der Waals surface area (Å²) >= 11 is 13.4. The summed E-state index contributed by atoms with van der Waals surface area (Å²) in [4.78, 5) is 0. The quantitative estimate of drug-likeness (QED) is 0.501. The van der Waals surface area contributed by atoms with Gasteiger partial charge in [0.15, 0.2) is 0 Å². The van der Waals surface area contributed by atoms with Crippen molar-refractivity contribution in [1.29, 1.82) is 0 Å². The first-order valence-corrected chi connectivity index (χ1v) is 7.35. The van der Waals surface area contributed by atoms with Crippen LogP contribution in [-0.2, 0) is 0 Å². The molecule has 3 atom stereocenters. The third kappa shape index (κ3) is 2.55. The highest BCUT2D eigenvalue weighted by molar-refractivity contribution is 7.80. The number of hydrogen-bond donors (Lipinski definition) is 3. The lowest BCUT2D eigenvalue weighted by Crippen LogP contribution is -2.43. The van der Waals surface area contributed by atoms with Gasteiger partial charge in [-0.25, -0.2) is 0 Å². The smallest absolute Gasteiger partial charge is 0.0113 e. The van der Waals surface area contributed by atoms with Crippen molar-refractivity contribution in [3.8, 4) is 0 Å². The fraction of sp³-hybridized carbons (Fsp3) is 0.833. The van der Waals surface area contributed by atoms with Crippen LogP contribution >= 0.6 is 37.9 Å². The van der Waals surface area contributed by atoms with E-state index < -0.39 is 0 Å². The first-order chi connectivity index (χ1) is 6.91. The van der Waals surface area contributed by atoms with Crippen LogP contribution in [0.25, 0.3) is 0 Å². The predicted octanol–water partition coefficient (Wildman–Crippen LogP) is 3.75. The fourth-order valence-corrected chi connectivity index (χ4v) is 3.54. The molecule has 15 heavy (non-hydrogen) atoms. The largest absolute Gasteiger partial charge is 0.179 e. The van der Waals surface area contributed by atoms with E-state index in [1.165, 1.54) is 5.57 Å². The summed E-state index contributed by atoms with van der Waals surface area (Å²) in [6, 6.07) is 0. The van der Waals surface area contributed by atoms with Crippen LogP contribution in [0.5, 0.6) is 0 Å². The lowest BCUT2D eigenvalue weighted by molar-refractivity contribution is 0.118. The van der Waals surface area contributed by atoms with E-state index in [1.54, 1.807) is 0 Å². The SMILES string of the molecule is CC1C(C)(CS)C=C(CS)CC1(C)CS. The summed E-state index contributed by atoms with van der Waals surface area (Å²) < 4.78 is 0. The molecule has 0 amide bonds. The Labute approximate surface area is 111 Å². The van der Waals surface area contributed by atoms with Gasteiger partial charge in [-0.1, -0.05) is 32.4 Å². The number of rotatable bonds is 3. The molecule has 0 heterocycles. The number of hydrogen-bond acceptors (Lipinski definition) is 3. The minimum atomic E-state index is 0.191. The first kappa shape index (κ1) is 13.9. The zero-order chi connectivity index (χ0) is 11.7. The number of allylic oxidation sites excluding steroid dienone is 1. The maximum absolute atomic E-state index is 4.53. The molecular weight excluding hydrogens is 240 g/mol. The van der Waals surface area contributed by atoms with Gasteiger partial charge < -0.3 is 0 Å². The van der Waals surface area contributed by atoms with Gasteiger partial charge in [-0.05, 0) is 34.7 Å². The molecule has 0 aromatic carbocycles. The highest BCUT2D eigenvalue weighted by Crippen LogP contribution is 2.50. The molecule has 0 aliphatic heterocycles. The normalized spacial score (nSPS) is 41.5. The van der Waals surface area contributed by atoms with Crippen molar-refractivity contribution in [2.75, 3.05) is 17.3 Å². The van der Waals surface area contributed by atoms with Gasteiger partial charge in [-0.3, -0.25) is 0 Å². The van der Waals surface area contributed by atoms with Crippen LogP contribution in [0.2, 0.25) is 0 Å². The second-order valence-corrected chi connectivity index (χ2v) is 6.28. The minimum Gasteiger partial charge on any atom is -0.179 e. The van der Waals surface area contributed by atoms with Crippen LogP contribution in [0, 0.1) is 16.7 Å². The highest BCUT2D eigenvalue weighted by atomic mass is 32.1. The van der Waals surface area contributed by atoms with Gasteiger partial charge in [0.25, 0.3) is 0 Å². The van der Waals surface area contributed by atoms with Crippen molar-refractivity contribution < 1.29 is 0 Å². The van der Waals surface area contributed by atoms with Crippen LogP contribution in [0.3, 0.4) is 0 Å². The maximum atomic E-state index is 4.53. The van der Waals surface area contributed by atoms with E-state index in [0.717, 1.165) is 23.7 Å². The van der Waals surface area contributed by atoms with Crippen molar-refractivity contribution in [3.63, 3.8) is 0 Å². The summed E-state index contributed by atoms with van der Waals surface area (Å²) in [5.41, 5.74) is 1.93. The van der Waals surface area contributed by atoms with Crippen molar-refractivity contribution in [3.05, 3.63) is 11.6 Å². The highest BCUT2D eigenvalue weighted by Gasteiger charge is 2.44. The second kappa shape index (κ2) is 4.97. The van der Waals surface area contributed by atoms with Gasteiger partial charge in [-0.2, -0.15) is 37.9 Å². The summed E-state index contributed by atoms with van der Waals surface area (Å²) in [6.07, 6.45) is 3.52. The van der Waals surface area contributed by atoms with Crippen LogP contribution in [0.4, 0.5) is 0 Å². The van der Waals surface area contributed by atoms with Gasteiger partial charge in [0, 0.05) is 5.75 Å². The van der Waals surface area contributed by atoms with Gasteiger partial charge in [-0.15, -0.1) is 0 Å². The van der Waals surface area contributed by atoms with Gasteiger partial charge in [0.2, 0.25) is 0 Å². The first-order valence-electron chi connectivity index (χ1n) is 5.45. The molecule has 0 aromatic rings. The van der Waals surface area contributed by atoms with Gasteiger partial charge in [0.1, 0.15) is 0 Å². The van der Waals surface area contributed by atoms with Crippen LogP contribution in [-0.4, -0.2) is 17.3 Å². The molecule has 1 rings (SSSR count). The molecule has 0 aromatic heterocycles. The molecule has 0 nitrogen and oxygen atoms in total. The average molecular weight is 263 g/mol. The van der Waals surface area contributed by atoms with Crippen molar-refractivity contribution >= 4 is 37.9 Å². The molecule has 3 unspecified atom stereocenters. The molecule has 0 spiro atoms. The maximum Gasteiger partial charge on any atom is 0.0113 e. The standard InChI is InChI=1S/C12H22S3/c1-9-11(2,7-14)4-10(6-13)5-12(9,3)8-15/h4,9,13-15H,5-8H2,1-3H3. The Morgan fingerprint density at radius 2 is 1.87 bits per heavy atom. The monoisotopic (exact) mass is 262 g/mol. The summed E-state index contributed by atoms with van der Waals surface area (Å²) in [7, 11) is 0. The van der Waals surface area contributed by atoms with Crippen LogP contribution in [0.15, 0.2) is 11.6 Å². The molecule has 0 radical (unpaired) electrons. The summed E-state index contributed by atoms with van der Waals surface area (Å²) in [6.45, 7) is 6.97. The molecule has 1 aliphatic rings. The van der Waals surface area contributed by atoms with E-state index in [2.05, 4.69) is 64.7 Å². The Bertz CT molecular complexity index is 262. The lowest BCUT2D eigenvalue weighted by atomic mass is 9.59. The second-order valence-electron chi connectivity index (χ2n) is 5.34. The fourth-order valence-electron chi connectivity index (χ4n) is 2.59. The third-order valence-corrected chi connectivity index (χ3v) is 5.91. The van der Waals surface area contributed by atoms with E-state index in [-0.39, 0.29) is 10.8 Å². The number of thiol groups is 3. The van der Waals surface area contributed by atoms with Gasteiger partial charge in [0.05, 0.1) is 0 Å². The molecule has 88 valence electrons. The van der Waals surface area contributed by atoms with Gasteiger partial charge >= 0.3 is 0 Å². The Kier molecular flexibility index (Phi) is 4.59. The minimum absolute atomic E-state index is 0.191. The molecule has 0 saturated heterocycles. The third-order valence-electron chi connectivity index (χ3n) is 4.10. The Hall–Kier alpha value is 0.790. The Morgan fingerprint density at radius 1 is 1.27 bits per heavy atom. The average Bonchev–Trinajstić information content (AvgIpc) is 2.25. The molecular formula is C12H22S3. The van der Waals surface area contributed by atoms with E-state index >= 15 is 0 Å². The van der Waals surface area contributed by atoms with Crippen LogP contribution in [0.1, 0.15) is 27.2 Å². The topological polar surface area (TPSA) is 0 Å². The Morgan fingerprint density at radius 3 is 2.27 bits per heavy atom. The van der Waals surface area contributed by atoms with Crippen molar-refractivity contribution in [1.82, 2.24) is 0 Å². The van der Waals surface area contributed by atoms with Crippen molar-refractivity contribution in [2.45, 2.75) is 27.2 Å². The zero-order valence-electron chi connectivity index (χ0n) is 9.82. The van der Waals surface area contributed by atoms with E-state index in [4.69, 9.17) is 0 Å². The molecule has 0 N–H and O–H groups in total. The summed E-state index contributed by atoms with van der Waals surface area (Å²) in [5.74, 6) is 3.31. The lowest BCUT2D eigenvalue weighted by Gasteiger charge is -2.48. The van der Waals surface area contributed by atoms with Crippen LogP contribution < -0.4 is 0 Å². The molecule has 0 fully saturated rings. The molecule has 3 heteroatoms. The summed E-state index contributed by atoms with van der Waals surface area (Å²) in [5, 5.41) is 0.